The predicted molar refractivity (Wildman–Crippen MR) is 60.7 cm³/mol. The van der Waals surface area contributed by atoms with Crippen LogP contribution in [0, 0.1) is 0 Å². The van der Waals surface area contributed by atoms with Crippen LogP contribution in [0.2, 0.25) is 0 Å². The molecular formula is C11H20O7. The van der Waals surface area contributed by atoms with Crippen LogP contribution in [0.3, 0.4) is 0 Å². The van der Waals surface area contributed by atoms with Gasteiger partial charge in [-0.25, -0.2) is 0 Å². The van der Waals surface area contributed by atoms with E-state index in [1.54, 1.807) is 0 Å². The Hall–Kier alpha value is -0.540. The maximum Gasteiger partial charge on any atom is 0.147 e. The van der Waals surface area contributed by atoms with Crippen molar-refractivity contribution in [2.75, 3.05) is 34.4 Å². The summed E-state index contributed by atoms with van der Waals surface area (Å²) in [6.45, 7) is 0.179. The van der Waals surface area contributed by atoms with Crippen LogP contribution in [0.5, 0.6) is 0 Å². The van der Waals surface area contributed by atoms with Gasteiger partial charge in [0.05, 0.1) is 6.61 Å². The highest BCUT2D eigenvalue weighted by molar-refractivity contribution is 5.20. The summed E-state index contributed by atoms with van der Waals surface area (Å²) < 4.78 is 19.9. The summed E-state index contributed by atoms with van der Waals surface area (Å²) in [5.74, 6) is 0. The molecule has 0 spiro atoms. The fourth-order valence-electron chi connectivity index (χ4n) is 1.73. The Morgan fingerprint density at radius 2 is 1.72 bits per heavy atom. The van der Waals surface area contributed by atoms with Gasteiger partial charge >= 0.3 is 0 Å². The minimum atomic E-state index is -1.29. The van der Waals surface area contributed by atoms with Crippen LogP contribution in [0.1, 0.15) is 0 Å². The van der Waals surface area contributed by atoms with Gasteiger partial charge < -0.3 is 34.3 Å². The quantitative estimate of drug-likeness (QED) is 0.296. The van der Waals surface area contributed by atoms with E-state index in [0.717, 1.165) is 0 Å². The van der Waals surface area contributed by atoms with E-state index in [1.807, 2.05) is 0 Å². The highest BCUT2D eigenvalue weighted by atomic mass is 16.7. The largest absolute Gasteiger partial charge is 0.387 e. The second-order valence-electron chi connectivity index (χ2n) is 3.96. The van der Waals surface area contributed by atoms with Gasteiger partial charge in [-0.2, -0.15) is 0 Å². The summed E-state index contributed by atoms with van der Waals surface area (Å²) >= 11 is 0. The van der Waals surface area contributed by atoms with Crippen molar-refractivity contribution in [3.63, 3.8) is 0 Å². The third kappa shape index (κ3) is 3.99. The van der Waals surface area contributed by atoms with Gasteiger partial charge in [-0.3, -0.25) is 0 Å². The van der Waals surface area contributed by atoms with Crippen LogP contribution in [-0.2, 0) is 18.9 Å². The van der Waals surface area contributed by atoms with Crippen LogP contribution in [0.25, 0.3) is 0 Å². The van der Waals surface area contributed by atoms with E-state index in [9.17, 15) is 15.3 Å². The van der Waals surface area contributed by atoms with Gasteiger partial charge in [-0.15, -0.1) is 0 Å². The minimum Gasteiger partial charge on any atom is -0.387 e. The number of aliphatic hydroxyl groups excluding tert-OH is 3. The molecule has 7 heteroatoms. The van der Waals surface area contributed by atoms with Gasteiger partial charge in [0.2, 0.25) is 0 Å². The number of ether oxygens (including phenoxy) is 4. The lowest BCUT2D eigenvalue weighted by Crippen LogP contribution is -2.50. The summed E-state index contributed by atoms with van der Waals surface area (Å²) in [6, 6.07) is 0. The zero-order valence-electron chi connectivity index (χ0n) is 10.5. The molecule has 4 atom stereocenters. The van der Waals surface area contributed by atoms with Crippen LogP contribution >= 0.6 is 0 Å². The Kier molecular flexibility index (Phi) is 6.72. The van der Waals surface area contributed by atoms with E-state index in [0.29, 0.717) is 5.57 Å². The molecule has 1 aliphatic rings. The zero-order valence-corrected chi connectivity index (χ0v) is 10.5. The summed E-state index contributed by atoms with van der Waals surface area (Å²) in [4.78, 5) is 0. The van der Waals surface area contributed by atoms with Gasteiger partial charge in [0.1, 0.15) is 38.0 Å². The van der Waals surface area contributed by atoms with Gasteiger partial charge in [-0.1, -0.05) is 0 Å². The Bertz CT molecular complexity index is 268. The van der Waals surface area contributed by atoms with Crippen molar-refractivity contribution in [1.29, 1.82) is 0 Å². The molecule has 0 heterocycles. The third-order valence-electron chi connectivity index (χ3n) is 2.60. The molecule has 7 nitrogen and oxygen atoms in total. The maximum absolute atomic E-state index is 9.84. The molecule has 0 amide bonds. The van der Waals surface area contributed by atoms with E-state index in [2.05, 4.69) is 0 Å². The van der Waals surface area contributed by atoms with E-state index < -0.39 is 24.4 Å². The highest BCUT2D eigenvalue weighted by Crippen LogP contribution is 2.23. The fraction of sp³-hybridized carbons (Fsp3) is 0.818. The molecule has 18 heavy (non-hydrogen) atoms. The van der Waals surface area contributed by atoms with E-state index in [-0.39, 0.29) is 20.2 Å². The topological polar surface area (TPSA) is 97.6 Å². The lowest BCUT2D eigenvalue weighted by Gasteiger charge is -2.34. The molecule has 0 unspecified atom stereocenters. The fourth-order valence-corrected chi connectivity index (χ4v) is 1.73. The number of methoxy groups -OCH3 is 2. The molecule has 3 N–H and O–H groups in total. The Balaban J connectivity index is 2.68. The number of aliphatic hydroxyl groups is 3. The highest BCUT2D eigenvalue weighted by Gasteiger charge is 2.38. The minimum absolute atomic E-state index is 0.0356. The molecule has 0 saturated heterocycles. The van der Waals surface area contributed by atoms with Crippen LogP contribution in [-0.4, -0.2) is 74.1 Å². The van der Waals surface area contributed by atoms with Gasteiger partial charge in [0.25, 0.3) is 0 Å². The summed E-state index contributed by atoms with van der Waals surface area (Å²) in [5, 5.41) is 29.0. The number of hydrogen-bond donors (Lipinski definition) is 3. The lowest BCUT2D eigenvalue weighted by molar-refractivity contribution is -0.149. The van der Waals surface area contributed by atoms with Crippen LogP contribution in [0.4, 0.5) is 0 Å². The Labute approximate surface area is 106 Å². The second kappa shape index (κ2) is 7.80. The van der Waals surface area contributed by atoms with Gasteiger partial charge in [-0.05, 0) is 11.6 Å². The third-order valence-corrected chi connectivity index (χ3v) is 2.60. The molecule has 0 aromatic carbocycles. The normalized spacial score (nSPS) is 32.4. The summed E-state index contributed by atoms with van der Waals surface area (Å²) in [6.07, 6.45) is -3.05. The first-order valence-electron chi connectivity index (χ1n) is 5.53. The van der Waals surface area contributed by atoms with Crippen LogP contribution < -0.4 is 0 Å². The molecule has 106 valence electrons. The molecular weight excluding hydrogens is 244 g/mol. The molecule has 0 aromatic heterocycles. The molecule has 1 aliphatic carbocycles. The van der Waals surface area contributed by atoms with Crippen molar-refractivity contribution in [2.24, 2.45) is 0 Å². The first kappa shape index (κ1) is 15.5. The SMILES string of the molecule is COCOCC1=C[C@H](O)[C@H](O)[C@@H](O)[C@@H]1OCOC. The summed E-state index contributed by atoms with van der Waals surface area (Å²) in [5.41, 5.74) is 0.536. The Morgan fingerprint density at radius 3 is 2.33 bits per heavy atom. The molecule has 0 fully saturated rings. The van der Waals surface area contributed by atoms with Crippen molar-refractivity contribution >= 4 is 0 Å². The molecule has 0 saturated carbocycles. The molecule has 0 radical (unpaired) electrons. The van der Waals surface area contributed by atoms with Crippen molar-refractivity contribution in [3.05, 3.63) is 11.6 Å². The van der Waals surface area contributed by atoms with Crippen molar-refractivity contribution in [2.45, 2.75) is 24.4 Å². The first-order chi connectivity index (χ1) is 8.61. The first-order valence-corrected chi connectivity index (χ1v) is 5.53. The van der Waals surface area contributed by atoms with Crippen LogP contribution in [0.15, 0.2) is 11.6 Å². The zero-order chi connectivity index (χ0) is 13.5. The van der Waals surface area contributed by atoms with E-state index in [4.69, 9.17) is 18.9 Å². The standard InChI is InChI=1S/C11H20O7/c1-15-5-17-4-7-3-8(12)9(13)10(14)11(7)18-6-16-2/h3,8-14H,4-6H2,1-2H3/t8-,9-,10+,11+/m0/s1. The van der Waals surface area contributed by atoms with Crippen molar-refractivity contribution in [3.8, 4) is 0 Å². The molecule has 1 rings (SSSR count). The monoisotopic (exact) mass is 264 g/mol. The predicted octanol–water partition coefficient (Wildman–Crippen LogP) is -1.38. The van der Waals surface area contributed by atoms with E-state index >= 15 is 0 Å². The Morgan fingerprint density at radius 1 is 1.06 bits per heavy atom. The molecule has 0 aromatic rings. The average molecular weight is 264 g/mol. The molecule has 0 bridgehead atoms. The smallest absolute Gasteiger partial charge is 0.147 e. The average Bonchev–Trinajstić information content (AvgIpc) is 2.36. The summed E-state index contributed by atoms with van der Waals surface area (Å²) in [7, 11) is 2.94. The maximum atomic E-state index is 9.84. The lowest BCUT2D eigenvalue weighted by atomic mass is 9.90. The number of rotatable bonds is 7. The molecule has 0 aliphatic heterocycles. The number of hydrogen-bond acceptors (Lipinski definition) is 7. The second-order valence-corrected chi connectivity index (χ2v) is 3.96. The van der Waals surface area contributed by atoms with Gasteiger partial charge in [0, 0.05) is 14.2 Å². The van der Waals surface area contributed by atoms with Crippen molar-refractivity contribution in [1.82, 2.24) is 0 Å². The van der Waals surface area contributed by atoms with Crippen molar-refractivity contribution < 1.29 is 34.3 Å². The van der Waals surface area contributed by atoms with Gasteiger partial charge in [0.15, 0.2) is 0 Å². The van der Waals surface area contributed by atoms with E-state index in [1.165, 1.54) is 20.3 Å².